The van der Waals surface area contributed by atoms with Crippen LogP contribution in [0.15, 0.2) is 78.9 Å². The number of carbonyl (C=O) groups excluding carboxylic acids is 2. The smallest absolute Gasteiger partial charge is 0.306 e. The Hall–Kier alpha value is -3.14. The largest absolute Gasteiger partial charge is 0.497 e. The van der Waals surface area contributed by atoms with E-state index in [1.54, 1.807) is 35.8 Å². The highest BCUT2D eigenvalue weighted by atomic mass is 33.1. The summed E-state index contributed by atoms with van der Waals surface area (Å²) >= 11 is 0. The lowest BCUT2D eigenvalue weighted by molar-refractivity contribution is -0.145. The van der Waals surface area contributed by atoms with Gasteiger partial charge in [0.05, 0.1) is 27.2 Å². The second-order valence-electron chi connectivity index (χ2n) is 10.1. The summed E-state index contributed by atoms with van der Waals surface area (Å²) in [5.41, 5.74) is 2.27. The molecule has 1 N–H and O–H groups in total. The fourth-order valence-electron chi connectivity index (χ4n) is 4.62. The van der Waals surface area contributed by atoms with Crippen LogP contribution >= 0.6 is 21.6 Å². The third-order valence-electron chi connectivity index (χ3n) is 6.99. The van der Waals surface area contributed by atoms with Crippen LogP contribution in [-0.2, 0) is 24.7 Å². The number of esters is 1. The number of benzene rings is 3. The van der Waals surface area contributed by atoms with E-state index >= 15 is 0 Å². The molecule has 0 aliphatic carbocycles. The monoisotopic (exact) mass is 639 g/mol. The molecule has 0 fully saturated rings. The minimum Gasteiger partial charge on any atom is -0.497 e. The molecule has 0 aromatic heterocycles. The summed E-state index contributed by atoms with van der Waals surface area (Å²) in [5, 5.41) is 2.81. The van der Waals surface area contributed by atoms with Crippen molar-refractivity contribution in [1.29, 1.82) is 0 Å². The summed E-state index contributed by atoms with van der Waals surface area (Å²) in [4.78, 5) is 23.6. The molecule has 3 aromatic carbocycles. The lowest BCUT2D eigenvalue weighted by atomic mass is 9.80. The minimum atomic E-state index is -0.808. The molecule has 0 aliphatic rings. The molecule has 0 spiro atoms. The molecule has 0 unspecified atom stereocenters. The van der Waals surface area contributed by atoms with Gasteiger partial charge in [0.1, 0.15) is 17.1 Å². The number of amides is 1. The van der Waals surface area contributed by atoms with Gasteiger partial charge in [-0.05, 0) is 60.2 Å². The number of ether oxygens (including phenoxy) is 4. The maximum atomic E-state index is 11.9. The van der Waals surface area contributed by atoms with E-state index in [0.717, 1.165) is 65.4 Å². The number of carbonyl (C=O) groups is 2. The zero-order chi connectivity index (χ0) is 31.5. The Kier molecular flexibility index (Phi) is 16.1. The quantitative estimate of drug-likeness (QED) is 0.0559. The molecule has 0 saturated carbocycles. The van der Waals surface area contributed by atoms with Gasteiger partial charge >= 0.3 is 5.97 Å². The van der Waals surface area contributed by atoms with E-state index in [4.69, 9.17) is 18.9 Å². The van der Waals surface area contributed by atoms with E-state index in [1.165, 1.54) is 0 Å². The fraction of sp³-hybridized carbons (Fsp3) is 0.429. The summed E-state index contributed by atoms with van der Waals surface area (Å²) in [6.45, 7) is 3.66. The zero-order valence-electron chi connectivity index (χ0n) is 26.0. The Balaban J connectivity index is 1.49. The molecule has 0 saturated heterocycles. The highest BCUT2D eigenvalue weighted by molar-refractivity contribution is 8.76. The molecule has 0 radical (unpaired) electrons. The molecule has 0 aliphatic heterocycles. The lowest BCUT2D eigenvalue weighted by Gasteiger charge is -2.36. The van der Waals surface area contributed by atoms with E-state index in [-0.39, 0.29) is 24.7 Å². The van der Waals surface area contributed by atoms with Crippen LogP contribution in [0.3, 0.4) is 0 Å². The molecule has 44 heavy (non-hydrogen) atoms. The lowest BCUT2D eigenvalue weighted by Crippen LogP contribution is -2.33. The number of hydrogen-bond donors (Lipinski definition) is 1. The maximum absolute atomic E-state index is 11.9. The van der Waals surface area contributed by atoms with Gasteiger partial charge in [0.15, 0.2) is 0 Å². The Morgan fingerprint density at radius 1 is 0.705 bits per heavy atom. The third kappa shape index (κ3) is 11.1. The van der Waals surface area contributed by atoms with Gasteiger partial charge in [0, 0.05) is 31.1 Å². The molecule has 3 rings (SSSR count). The van der Waals surface area contributed by atoms with Gasteiger partial charge in [0.25, 0.3) is 0 Å². The number of rotatable bonds is 21. The Labute approximate surface area is 270 Å². The summed E-state index contributed by atoms with van der Waals surface area (Å²) in [7, 11) is 6.89. The maximum Gasteiger partial charge on any atom is 0.306 e. The van der Waals surface area contributed by atoms with Crippen molar-refractivity contribution < 1.29 is 28.5 Å². The normalized spacial score (nSPS) is 11.2. The molecular weight excluding hydrogens is 595 g/mol. The van der Waals surface area contributed by atoms with Gasteiger partial charge < -0.3 is 24.3 Å². The predicted octanol–water partition coefficient (Wildman–Crippen LogP) is 7.41. The molecular formula is C35H45NO6S2. The number of nitrogens with one attached hydrogen (secondary N) is 1. The first-order valence-electron chi connectivity index (χ1n) is 15.2. The Bertz CT molecular complexity index is 1190. The van der Waals surface area contributed by atoms with Gasteiger partial charge in [-0.3, -0.25) is 9.59 Å². The average Bonchev–Trinajstić information content (AvgIpc) is 3.07. The van der Waals surface area contributed by atoms with Gasteiger partial charge in [-0.2, -0.15) is 0 Å². The molecule has 1 amide bonds. The Morgan fingerprint density at radius 2 is 1.25 bits per heavy atom. The average molecular weight is 640 g/mol. The van der Waals surface area contributed by atoms with Crippen LogP contribution in [0.5, 0.6) is 11.5 Å². The molecule has 0 atom stereocenters. The molecule has 0 heterocycles. The number of unbranched alkanes of at least 4 members (excludes halogenated alkanes) is 1. The van der Waals surface area contributed by atoms with Crippen LogP contribution in [0.4, 0.5) is 0 Å². The van der Waals surface area contributed by atoms with Crippen molar-refractivity contribution in [1.82, 2.24) is 5.32 Å². The second-order valence-corrected chi connectivity index (χ2v) is 12.8. The first kappa shape index (κ1) is 35.3. The van der Waals surface area contributed by atoms with Crippen molar-refractivity contribution in [3.05, 3.63) is 95.6 Å². The summed E-state index contributed by atoms with van der Waals surface area (Å²) in [6, 6.07) is 26.4. The first-order valence-corrected chi connectivity index (χ1v) is 17.7. The summed E-state index contributed by atoms with van der Waals surface area (Å²) < 4.78 is 23.0. The minimum absolute atomic E-state index is 0.0969. The number of methoxy groups -OCH3 is 2. The Morgan fingerprint density at radius 3 is 1.80 bits per heavy atom. The van der Waals surface area contributed by atoms with Gasteiger partial charge in [-0.25, -0.2) is 0 Å². The zero-order valence-corrected chi connectivity index (χ0v) is 27.7. The van der Waals surface area contributed by atoms with E-state index < -0.39 is 5.60 Å². The second kappa shape index (κ2) is 20.0. The van der Waals surface area contributed by atoms with Crippen LogP contribution < -0.4 is 14.8 Å². The van der Waals surface area contributed by atoms with Crippen LogP contribution in [0, 0.1) is 0 Å². The molecule has 7 nitrogen and oxygen atoms in total. The molecule has 0 bridgehead atoms. The van der Waals surface area contributed by atoms with Gasteiger partial charge in [0.2, 0.25) is 5.91 Å². The molecule has 3 aromatic rings. The van der Waals surface area contributed by atoms with E-state index in [9.17, 15) is 9.59 Å². The van der Waals surface area contributed by atoms with E-state index in [2.05, 4.69) is 48.6 Å². The van der Waals surface area contributed by atoms with Gasteiger partial charge in [-0.15, -0.1) is 0 Å². The van der Waals surface area contributed by atoms with Crippen molar-refractivity contribution in [2.45, 2.75) is 51.0 Å². The highest BCUT2D eigenvalue weighted by Gasteiger charge is 2.37. The summed E-state index contributed by atoms with van der Waals surface area (Å²) in [6.07, 6.45) is 3.91. The standard InChI is InChI=1S/C35H45NO6S2/c1-4-5-23-36-33(37)21-22-34(38)41-24-9-26-43-44-27-10-25-42-35(28-11-7-6-8-12-28,29-13-17-31(39-2)18-14-29)30-15-19-32(40-3)20-16-30/h6-8,11-20H,4-5,9-10,21-27H2,1-3H3,(H,36,37). The van der Waals surface area contributed by atoms with Crippen molar-refractivity contribution >= 4 is 33.5 Å². The third-order valence-corrected chi connectivity index (χ3v) is 9.57. The van der Waals surface area contributed by atoms with E-state index in [1.807, 2.05) is 42.5 Å². The number of hydrogen-bond acceptors (Lipinski definition) is 8. The van der Waals surface area contributed by atoms with Crippen molar-refractivity contribution in [2.24, 2.45) is 0 Å². The van der Waals surface area contributed by atoms with Crippen LogP contribution in [0.2, 0.25) is 0 Å². The van der Waals surface area contributed by atoms with E-state index in [0.29, 0.717) is 19.8 Å². The van der Waals surface area contributed by atoms with Crippen molar-refractivity contribution in [3.63, 3.8) is 0 Å². The summed E-state index contributed by atoms with van der Waals surface area (Å²) in [5.74, 6) is 2.97. The molecule has 238 valence electrons. The molecule has 9 heteroatoms. The highest BCUT2D eigenvalue weighted by Crippen LogP contribution is 2.42. The van der Waals surface area contributed by atoms with Gasteiger partial charge in [-0.1, -0.05) is 89.5 Å². The topological polar surface area (TPSA) is 83.1 Å². The van der Waals surface area contributed by atoms with Crippen molar-refractivity contribution in [3.8, 4) is 11.5 Å². The SMILES string of the molecule is CCCCNC(=O)CCC(=O)OCCCSSCCCOC(c1ccccc1)(c1ccc(OC)cc1)c1ccc(OC)cc1. The van der Waals surface area contributed by atoms with Crippen LogP contribution in [-0.4, -0.2) is 57.4 Å². The van der Waals surface area contributed by atoms with Crippen molar-refractivity contribution in [2.75, 3.05) is 45.5 Å². The van der Waals surface area contributed by atoms with Crippen LogP contribution in [0.1, 0.15) is 62.1 Å². The van der Waals surface area contributed by atoms with Crippen LogP contribution in [0.25, 0.3) is 0 Å². The fourth-order valence-corrected chi connectivity index (χ4v) is 6.74. The first-order chi connectivity index (χ1) is 21.5. The predicted molar refractivity (Wildman–Crippen MR) is 181 cm³/mol.